The first-order valence-corrected chi connectivity index (χ1v) is 8.63. The van der Waals surface area contributed by atoms with Crippen LogP contribution in [-0.4, -0.2) is 38.4 Å². The second-order valence-electron chi connectivity index (χ2n) is 4.62. The van der Waals surface area contributed by atoms with E-state index >= 15 is 0 Å². The summed E-state index contributed by atoms with van der Waals surface area (Å²) in [6.45, 7) is 0.0105. The molecule has 0 aromatic heterocycles. The number of carbonyl (C=O) groups excluding carboxylic acids is 1. The van der Waals surface area contributed by atoms with E-state index in [-0.39, 0.29) is 30.0 Å². The number of hydrogen-bond acceptors (Lipinski definition) is 4. The molecule has 1 atom stereocenters. The molecule has 1 aromatic carbocycles. The fourth-order valence-corrected chi connectivity index (χ4v) is 4.04. The molecule has 5 nitrogen and oxygen atoms in total. The topological polar surface area (TPSA) is 75.3 Å². The highest BCUT2D eigenvalue weighted by Crippen LogP contribution is 2.29. The van der Waals surface area contributed by atoms with Gasteiger partial charge in [0.05, 0.1) is 33.8 Å². The summed E-state index contributed by atoms with van der Waals surface area (Å²) in [5.74, 6) is -0.134. The molecule has 1 aliphatic rings. The summed E-state index contributed by atoms with van der Waals surface area (Å²) in [7, 11) is -2.99. The van der Waals surface area contributed by atoms with Crippen molar-refractivity contribution in [1.29, 1.82) is 0 Å². The molecule has 1 fully saturated rings. The number of anilines is 1. The third kappa shape index (κ3) is 4.01. The number of amides is 1. The molecule has 1 amide bonds. The van der Waals surface area contributed by atoms with E-state index < -0.39 is 9.84 Å². The lowest BCUT2D eigenvalue weighted by atomic mass is 10.2. The van der Waals surface area contributed by atoms with Gasteiger partial charge in [-0.05, 0) is 18.6 Å². The average molecular weight is 337 g/mol. The Morgan fingerprint density at radius 1 is 1.35 bits per heavy atom. The Morgan fingerprint density at radius 2 is 2.10 bits per heavy atom. The molecule has 1 saturated heterocycles. The number of halogens is 2. The van der Waals surface area contributed by atoms with E-state index in [0.29, 0.717) is 22.2 Å². The molecule has 0 spiro atoms. The summed E-state index contributed by atoms with van der Waals surface area (Å²) in [6, 6.07) is 4.78. The van der Waals surface area contributed by atoms with Crippen molar-refractivity contribution in [3.63, 3.8) is 0 Å². The molecule has 0 aliphatic carbocycles. The SMILES string of the molecule is O=C(CNc1cccc(Cl)c1Cl)NC1CCS(=O)(=O)C1. The average Bonchev–Trinajstić information content (AvgIpc) is 2.70. The molecule has 2 rings (SSSR count). The maximum absolute atomic E-state index is 11.7. The second-order valence-corrected chi connectivity index (χ2v) is 7.64. The molecule has 8 heteroatoms. The number of benzene rings is 1. The number of rotatable bonds is 4. The molecule has 110 valence electrons. The summed E-state index contributed by atoms with van der Waals surface area (Å²) < 4.78 is 22.6. The van der Waals surface area contributed by atoms with Gasteiger partial charge in [0.15, 0.2) is 9.84 Å². The first-order chi connectivity index (χ1) is 9.37. The minimum atomic E-state index is -2.99. The van der Waals surface area contributed by atoms with Gasteiger partial charge in [0.25, 0.3) is 0 Å². The van der Waals surface area contributed by atoms with Gasteiger partial charge >= 0.3 is 0 Å². The maximum Gasteiger partial charge on any atom is 0.239 e. The van der Waals surface area contributed by atoms with Gasteiger partial charge in [0.2, 0.25) is 5.91 Å². The highest BCUT2D eigenvalue weighted by atomic mass is 35.5. The van der Waals surface area contributed by atoms with Gasteiger partial charge < -0.3 is 10.6 Å². The van der Waals surface area contributed by atoms with E-state index in [4.69, 9.17) is 23.2 Å². The van der Waals surface area contributed by atoms with Crippen LogP contribution in [0.2, 0.25) is 10.0 Å². The van der Waals surface area contributed by atoms with Gasteiger partial charge in [-0.15, -0.1) is 0 Å². The van der Waals surface area contributed by atoms with Crippen molar-refractivity contribution in [1.82, 2.24) is 5.32 Å². The van der Waals surface area contributed by atoms with E-state index in [2.05, 4.69) is 10.6 Å². The van der Waals surface area contributed by atoms with E-state index in [9.17, 15) is 13.2 Å². The van der Waals surface area contributed by atoms with Crippen LogP contribution in [0.4, 0.5) is 5.69 Å². The van der Waals surface area contributed by atoms with E-state index in [1.165, 1.54) is 0 Å². The predicted molar refractivity (Wildman–Crippen MR) is 80.2 cm³/mol. The third-order valence-electron chi connectivity index (χ3n) is 2.99. The highest BCUT2D eigenvalue weighted by Gasteiger charge is 2.28. The minimum absolute atomic E-state index is 0.0105. The lowest BCUT2D eigenvalue weighted by molar-refractivity contribution is -0.119. The Balaban J connectivity index is 1.85. The Morgan fingerprint density at radius 3 is 2.75 bits per heavy atom. The van der Waals surface area contributed by atoms with Gasteiger partial charge in [-0.3, -0.25) is 4.79 Å². The summed E-state index contributed by atoms with van der Waals surface area (Å²) in [6.07, 6.45) is 0.464. The summed E-state index contributed by atoms with van der Waals surface area (Å²) in [4.78, 5) is 11.7. The lowest BCUT2D eigenvalue weighted by Gasteiger charge is -2.13. The molecule has 0 saturated carbocycles. The Bertz CT molecular complexity index is 619. The van der Waals surface area contributed by atoms with Crippen LogP contribution in [-0.2, 0) is 14.6 Å². The number of hydrogen-bond donors (Lipinski definition) is 2. The third-order valence-corrected chi connectivity index (χ3v) is 5.58. The molecule has 1 heterocycles. The van der Waals surface area contributed by atoms with Gasteiger partial charge in [-0.1, -0.05) is 29.3 Å². The highest BCUT2D eigenvalue weighted by molar-refractivity contribution is 7.91. The second kappa shape index (κ2) is 6.20. The molecule has 0 radical (unpaired) electrons. The maximum atomic E-state index is 11.7. The molecule has 2 N–H and O–H groups in total. The largest absolute Gasteiger partial charge is 0.375 e. The Labute approximate surface area is 127 Å². The standard InChI is InChI=1S/C12H14Cl2N2O3S/c13-9-2-1-3-10(12(9)14)15-6-11(17)16-8-4-5-20(18,19)7-8/h1-3,8,15H,4-7H2,(H,16,17). The zero-order valence-corrected chi connectivity index (χ0v) is 12.9. The zero-order chi connectivity index (χ0) is 14.8. The van der Waals surface area contributed by atoms with Crippen molar-refractivity contribution in [2.75, 3.05) is 23.4 Å². The van der Waals surface area contributed by atoms with Crippen LogP contribution in [0, 0.1) is 0 Å². The number of carbonyl (C=O) groups is 1. The quantitative estimate of drug-likeness (QED) is 0.877. The van der Waals surface area contributed by atoms with E-state index in [1.54, 1.807) is 18.2 Å². The van der Waals surface area contributed by atoms with Crippen molar-refractivity contribution >= 4 is 44.6 Å². The fraction of sp³-hybridized carbons (Fsp3) is 0.417. The predicted octanol–water partition coefficient (Wildman–Crippen LogP) is 1.71. The zero-order valence-electron chi connectivity index (χ0n) is 10.5. The van der Waals surface area contributed by atoms with Gasteiger partial charge in [0, 0.05) is 6.04 Å². The van der Waals surface area contributed by atoms with E-state index in [1.807, 2.05) is 0 Å². The van der Waals surface area contributed by atoms with Crippen LogP contribution in [0.5, 0.6) is 0 Å². The summed E-state index contributed by atoms with van der Waals surface area (Å²) in [5, 5.41) is 6.31. The van der Waals surface area contributed by atoms with Gasteiger partial charge in [-0.2, -0.15) is 0 Å². The van der Waals surface area contributed by atoms with Crippen LogP contribution >= 0.6 is 23.2 Å². The molecular formula is C12H14Cl2N2O3S. The van der Waals surface area contributed by atoms with Gasteiger partial charge in [-0.25, -0.2) is 8.42 Å². The normalized spacial score (nSPS) is 20.6. The number of sulfone groups is 1. The molecule has 1 aromatic rings. The smallest absolute Gasteiger partial charge is 0.239 e. The van der Waals surface area contributed by atoms with Crippen LogP contribution in [0.1, 0.15) is 6.42 Å². The van der Waals surface area contributed by atoms with Crippen molar-refractivity contribution < 1.29 is 13.2 Å². The summed E-state index contributed by atoms with van der Waals surface area (Å²) >= 11 is 11.8. The van der Waals surface area contributed by atoms with Crippen LogP contribution in [0.3, 0.4) is 0 Å². The molecule has 1 aliphatic heterocycles. The van der Waals surface area contributed by atoms with Crippen LogP contribution in [0.25, 0.3) is 0 Å². The first-order valence-electron chi connectivity index (χ1n) is 6.05. The summed E-state index contributed by atoms with van der Waals surface area (Å²) in [5.41, 5.74) is 0.563. The van der Waals surface area contributed by atoms with Crippen LogP contribution < -0.4 is 10.6 Å². The van der Waals surface area contributed by atoms with Crippen molar-refractivity contribution in [2.24, 2.45) is 0 Å². The Kier molecular flexibility index (Phi) is 4.78. The molecule has 0 bridgehead atoms. The fourth-order valence-electron chi connectivity index (χ4n) is 2.00. The number of nitrogens with one attached hydrogen (secondary N) is 2. The van der Waals surface area contributed by atoms with Crippen molar-refractivity contribution in [3.8, 4) is 0 Å². The molecule has 20 heavy (non-hydrogen) atoms. The van der Waals surface area contributed by atoms with E-state index in [0.717, 1.165) is 0 Å². The molecular weight excluding hydrogens is 323 g/mol. The minimum Gasteiger partial charge on any atom is -0.375 e. The monoisotopic (exact) mass is 336 g/mol. The van der Waals surface area contributed by atoms with Gasteiger partial charge in [0.1, 0.15) is 0 Å². The van der Waals surface area contributed by atoms with Crippen molar-refractivity contribution in [2.45, 2.75) is 12.5 Å². The first kappa shape index (κ1) is 15.4. The molecule has 1 unspecified atom stereocenters. The Hall–Kier alpha value is -0.980. The van der Waals surface area contributed by atoms with Crippen LogP contribution in [0.15, 0.2) is 18.2 Å². The van der Waals surface area contributed by atoms with Crippen molar-refractivity contribution in [3.05, 3.63) is 28.2 Å². The lowest BCUT2D eigenvalue weighted by Crippen LogP contribution is -2.39.